The Hall–Kier alpha value is -1.65. The highest BCUT2D eigenvalue weighted by atomic mass is 35.5. The van der Waals surface area contributed by atoms with Crippen molar-refractivity contribution in [2.45, 2.75) is 53.1 Å². The fourth-order valence-electron chi connectivity index (χ4n) is 2.94. The number of hydrogen-bond donors (Lipinski definition) is 2. The van der Waals surface area contributed by atoms with Crippen LogP contribution in [-0.2, 0) is 0 Å². The SMILES string of the molecule is CC.CC(N=CN)=NCC1(O)/C(=C/c2ccc(Cl)cc2)CCC1(C)C. The monoisotopic (exact) mass is 363 g/mol. The lowest BCUT2D eigenvalue weighted by Crippen LogP contribution is -2.44. The van der Waals surface area contributed by atoms with Crippen LogP contribution in [-0.4, -0.2) is 29.4 Å². The minimum atomic E-state index is -0.988. The maximum atomic E-state index is 11.3. The maximum absolute atomic E-state index is 11.3. The first-order valence-electron chi connectivity index (χ1n) is 8.73. The van der Waals surface area contributed by atoms with E-state index in [9.17, 15) is 5.11 Å². The fourth-order valence-corrected chi connectivity index (χ4v) is 3.07. The Morgan fingerprint density at radius 3 is 2.44 bits per heavy atom. The summed E-state index contributed by atoms with van der Waals surface area (Å²) in [5, 5.41) is 12.0. The predicted molar refractivity (Wildman–Crippen MR) is 109 cm³/mol. The summed E-state index contributed by atoms with van der Waals surface area (Å²) in [4.78, 5) is 8.34. The number of aliphatic hydroxyl groups is 1. The lowest BCUT2D eigenvalue weighted by Gasteiger charge is -2.36. The second kappa shape index (κ2) is 9.16. The molecule has 1 aliphatic carbocycles. The molecule has 1 aromatic rings. The average Bonchev–Trinajstić information content (AvgIpc) is 2.81. The molecule has 4 nitrogen and oxygen atoms in total. The van der Waals surface area contributed by atoms with Gasteiger partial charge in [0.1, 0.15) is 11.4 Å². The van der Waals surface area contributed by atoms with Crippen LogP contribution in [0.3, 0.4) is 0 Å². The molecule has 0 saturated heterocycles. The van der Waals surface area contributed by atoms with Crippen LogP contribution in [0.2, 0.25) is 5.02 Å². The molecular formula is C20H30ClN3O. The lowest BCUT2D eigenvalue weighted by molar-refractivity contribution is -0.00423. The minimum absolute atomic E-state index is 0.249. The molecule has 3 N–H and O–H groups in total. The van der Waals surface area contributed by atoms with Crippen molar-refractivity contribution in [2.75, 3.05) is 6.54 Å². The van der Waals surface area contributed by atoms with Gasteiger partial charge >= 0.3 is 0 Å². The first-order chi connectivity index (χ1) is 11.8. The van der Waals surface area contributed by atoms with Gasteiger partial charge in [-0.3, -0.25) is 4.99 Å². The van der Waals surface area contributed by atoms with Crippen molar-refractivity contribution < 1.29 is 5.11 Å². The Balaban J connectivity index is 0.00000151. The van der Waals surface area contributed by atoms with Crippen molar-refractivity contribution in [1.29, 1.82) is 0 Å². The number of aliphatic imine (C=N–C) groups is 2. The van der Waals surface area contributed by atoms with Gasteiger partial charge in [-0.1, -0.05) is 57.5 Å². The van der Waals surface area contributed by atoms with E-state index >= 15 is 0 Å². The summed E-state index contributed by atoms with van der Waals surface area (Å²) in [6, 6.07) is 7.61. The van der Waals surface area contributed by atoms with Gasteiger partial charge in [0.25, 0.3) is 0 Å². The molecule has 0 bridgehead atoms. The molecular weight excluding hydrogens is 334 g/mol. The quantitative estimate of drug-likeness (QED) is 0.603. The van der Waals surface area contributed by atoms with E-state index in [0.717, 1.165) is 24.0 Å². The molecule has 138 valence electrons. The third-order valence-corrected chi connectivity index (χ3v) is 4.93. The van der Waals surface area contributed by atoms with Gasteiger partial charge in [-0.05, 0) is 48.4 Å². The Kier molecular flexibility index (Phi) is 7.84. The Bertz CT molecular complexity index is 647. The van der Waals surface area contributed by atoms with E-state index in [1.54, 1.807) is 6.92 Å². The Labute approximate surface area is 156 Å². The van der Waals surface area contributed by atoms with E-state index in [1.807, 2.05) is 44.2 Å². The zero-order chi connectivity index (χ0) is 19.1. The van der Waals surface area contributed by atoms with Crippen LogP contribution in [0.4, 0.5) is 0 Å². The first kappa shape index (κ1) is 21.4. The Morgan fingerprint density at radius 2 is 1.88 bits per heavy atom. The van der Waals surface area contributed by atoms with Crippen LogP contribution in [0.5, 0.6) is 0 Å². The van der Waals surface area contributed by atoms with Crippen LogP contribution < -0.4 is 5.73 Å². The van der Waals surface area contributed by atoms with Gasteiger partial charge in [0, 0.05) is 5.02 Å². The predicted octanol–water partition coefficient (Wildman–Crippen LogP) is 4.71. The van der Waals surface area contributed by atoms with Gasteiger partial charge in [0.15, 0.2) is 0 Å². The molecule has 1 saturated carbocycles. The number of nitrogens with zero attached hydrogens (tertiary/aromatic N) is 2. The van der Waals surface area contributed by atoms with Gasteiger partial charge in [0.2, 0.25) is 0 Å². The number of amidine groups is 1. The zero-order valence-corrected chi connectivity index (χ0v) is 16.6. The van der Waals surface area contributed by atoms with E-state index in [2.05, 4.69) is 23.8 Å². The van der Waals surface area contributed by atoms with E-state index < -0.39 is 5.60 Å². The van der Waals surface area contributed by atoms with Gasteiger partial charge in [0.05, 0.1) is 12.9 Å². The van der Waals surface area contributed by atoms with Crippen molar-refractivity contribution in [3.8, 4) is 0 Å². The summed E-state index contributed by atoms with van der Waals surface area (Å²) in [7, 11) is 0. The summed E-state index contributed by atoms with van der Waals surface area (Å²) in [6.07, 6.45) is 5.02. The number of benzene rings is 1. The molecule has 1 aromatic carbocycles. The van der Waals surface area contributed by atoms with Gasteiger partial charge in [-0.2, -0.15) is 0 Å². The van der Waals surface area contributed by atoms with E-state index in [0.29, 0.717) is 10.9 Å². The van der Waals surface area contributed by atoms with Crippen LogP contribution in [0.1, 0.15) is 53.0 Å². The van der Waals surface area contributed by atoms with Crippen molar-refractivity contribution in [1.82, 2.24) is 0 Å². The molecule has 1 aliphatic rings. The molecule has 5 heteroatoms. The van der Waals surface area contributed by atoms with Crippen molar-refractivity contribution in [3.05, 3.63) is 40.4 Å². The average molecular weight is 364 g/mol. The standard InChI is InChI=1S/C18H24ClN3O.C2H6/c1-13(22-12-20)21-11-18(23)15(8-9-17(18,2)3)10-14-4-6-16(19)7-5-14;1-2/h4-7,10,12,23H,8-9,11H2,1-3H3,(H2,20,21,22);1-2H3/b15-10+;. The number of halogens is 1. The summed E-state index contributed by atoms with van der Waals surface area (Å²) >= 11 is 5.93. The van der Waals surface area contributed by atoms with Crippen LogP contribution in [0.25, 0.3) is 6.08 Å². The van der Waals surface area contributed by atoms with E-state index in [-0.39, 0.29) is 12.0 Å². The highest BCUT2D eigenvalue weighted by molar-refractivity contribution is 6.30. The molecule has 0 heterocycles. The van der Waals surface area contributed by atoms with Gasteiger partial charge in [-0.25, -0.2) is 4.99 Å². The van der Waals surface area contributed by atoms with Crippen LogP contribution >= 0.6 is 11.6 Å². The Morgan fingerprint density at radius 1 is 1.28 bits per heavy atom. The number of hydrogen-bond acceptors (Lipinski definition) is 2. The molecule has 0 amide bonds. The van der Waals surface area contributed by atoms with Gasteiger partial charge < -0.3 is 10.8 Å². The topological polar surface area (TPSA) is 71.0 Å². The largest absolute Gasteiger partial charge is 0.390 e. The molecule has 0 aliphatic heterocycles. The summed E-state index contributed by atoms with van der Waals surface area (Å²) in [6.45, 7) is 10.2. The van der Waals surface area contributed by atoms with E-state index in [4.69, 9.17) is 17.3 Å². The van der Waals surface area contributed by atoms with Crippen LogP contribution in [0.15, 0.2) is 39.8 Å². The lowest BCUT2D eigenvalue weighted by atomic mass is 9.76. The number of nitrogens with two attached hydrogens (primary N) is 1. The molecule has 1 atom stereocenters. The second-order valence-electron chi connectivity index (χ2n) is 6.61. The molecule has 25 heavy (non-hydrogen) atoms. The normalized spacial score (nSPS) is 24.4. The molecule has 1 unspecified atom stereocenters. The second-order valence-corrected chi connectivity index (χ2v) is 7.04. The summed E-state index contributed by atoms with van der Waals surface area (Å²) in [5.41, 5.74) is 6.07. The van der Waals surface area contributed by atoms with Gasteiger partial charge in [-0.15, -0.1) is 0 Å². The molecule has 0 aromatic heterocycles. The van der Waals surface area contributed by atoms with Crippen molar-refractivity contribution >= 4 is 29.9 Å². The maximum Gasteiger partial charge on any atom is 0.121 e. The number of rotatable bonds is 3. The minimum Gasteiger partial charge on any atom is -0.390 e. The summed E-state index contributed by atoms with van der Waals surface area (Å²) < 4.78 is 0. The molecule has 0 radical (unpaired) electrons. The van der Waals surface area contributed by atoms with Crippen molar-refractivity contribution in [2.24, 2.45) is 21.1 Å². The first-order valence-corrected chi connectivity index (χ1v) is 9.10. The highest BCUT2D eigenvalue weighted by Crippen LogP contribution is 2.50. The third-order valence-electron chi connectivity index (χ3n) is 4.68. The highest BCUT2D eigenvalue weighted by Gasteiger charge is 2.50. The van der Waals surface area contributed by atoms with Crippen molar-refractivity contribution in [3.63, 3.8) is 0 Å². The molecule has 2 rings (SSSR count). The molecule has 1 fully saturated rings. The molecule has 0 spiro atoms. The van der Waals surface area contributed by atoms with E-state index in [1.165, 1.54) is 6.34 Å². The zero-order valence-electron chi connectivity index (χ0n) is 15.9. The fraction of sp³-hybridized carbons (Fsp3) is 0.500. The summed E-state index contributed by atoms with van der Waals surface area (Å²) in [5.74, 6) is 0.564. The van der Waals surface area contributed by atoms with Crippen LogP contribution in [0, 0.1) is 5.41 Å². The smallest absolute Gasteiger partial charge is 0.121 e. The third kappa shape index (κ3) is 5.16.